The number of hydrogen-bond acceptors (Lipinski definition) is 4. The van der Waals surface area contributed by atoms with E-state index in [4.69, 9.17) is 5.11 Å². The van der Waals surface area contributed by atoms with Gasteiger partial charge in [0.25, 0.3) is 0 Å². The van der Waals surface area contributed by atoms with Gasteiger partial charge >= 0.3 is 5.97 Å². The van der Waals surface area contributed by atoms with Crippen LogP contribution in [0.2, 0.25) is 0 Å². The molecule has 19 heavy (non-hydrogen) atoms. The van der Waals surface area contributed by atoms with Crippen molar-refractivity contribution in [3.05, 3.63) is 21.9 Å². The molecule has 2 heterocycles. The first-order valence-electron chi connectivity index (χ1n) is 6.18. The Balaban J connectivity index is 1.84. The summed E-state index contributed by atoms with van der Waals surface area (Å²) in [5, 5.41) is 8.82. The number of aryl methyl sites for hydroxylation is 1. The number of aldehydes is 1. The lowest BCUT2D eigenvalue weighted by Gasteiger charge is -2.20. The summed E-state index contributed by atoms with van der Waals surface area (Å²) in [6.07, 6.45) is 3.37. The molecule has 1 aliphatic heterocycles. The standard InChI is InChI=1S/C13H15NO4S/c15-8-9-3-6-12(16)14(9)7-1-2-10-4-5-11(19-10)13(17)18/h4-5,8-9H,1-3,6-7H2,(H,17,18)/t9-/m1/s1. The van der Waals surface area contributed by atoms with Gasteiger partial charge in [-0.1, -0.05) is 0 Å². The minimum Gasteiger partial charge on any atom is -0.477 e. The van der Waals surface area contributed by atoms with Crippen molar-refractivity contribution in [2.24, 2.45) is 0 Å². The molecule has 102 valence electrons. The number of carboxylic acids is 1. The van der Waals surface area contributed by atoms with Crippen LogP contribution in [-0.4, -0.2) is 40.8 Å². The van der Waals surface area contributed by atoms with Crippen LogP contribution in [-0.2, 0) is 16.0 Å². The number of aromatic carboxylic acids is 1. The van der Waals surface area contributed by atoms with Crippen LogP contribution in [0.15, 0.2) is 12.1 Å². The largest absolute Gasteiger partial charge is 0.477 e. The van der Waals surface area contributed by atoms with Gasteiger partial charge in [0.2, 0.25) is 5.91 Å². The second-order valence-electron chi connectivity index (χ2n) is 4.50. The molecule has 0 unspecified atom stereocenters. The molecule has 0 aromatic carbocycles. The summed E-state index contributed by atoms with van der Waals surface area (Å²) in [6, 6.07) is 3.12. The molecule has 1 aromatic rings. The zero-order chi connectivity index (χ0) is 13.8. The third-order valence-electron chi connectivity index (χ3n) is 3.23. The summed E-state index contributed by atoms with van der Waals surface area (Å²) >= 11 is 1.26. The Morgan fingerprint density at radius 2 is 2.32 bits per heavy atom. The fourth-order valence-electron chi connectivity index (χ4n) is 2.24. The molecule has 6 heteroatoms. The zero-order valence-corrected chi connectivity index (χ0v) is 11.2. The number of carboxylic acid groups (broad SMARTS) is 1. The highest BCUT2D eigenvalue weighted by molar-refractivity contribution is 7.13. The monoisotopic (exact) mass is 281 g/mol. The van der Waals surface area contributed by atoms with Crippen molar-refractivity contribution in [2.45, 2.75) is 31.7 Å². The highest BCUT2D eigenvalue weighted by Crippen LogP contribution is 2.20. The maximum absolute atomic E-state index is 11.6. The Bertz CT molecular complexity index is 497. The topological polar surface area (TPSA) is 74.7 Å². The second kappa shape index (κ2) is 5.97. The van der Waals surface area contributed by atoms with Crippen LogP contribution in [0.5, 0.6) is 0 Å². The minimum absolute atomic E-state index is 0.0366. The van der Waals surface area contributed by atoms with Gasteiger partial charge < -0.3 is 14.8 Å². The molecule has 1 saturated heterocycles. The third kappa shape index (κ3) is 3.20. The number of likely N-dealkylation sites (tertiary alicyclic amines) is 1. The zero-order valence-electron chi connectivity index (χ0n) is 10.4. The van der Waals surface area contributed by atoms with Crippen LogP contribution < -0.4 is 0 Å². The van der Waals surface area contributed by atoms with E-state index in [2.05, 4.69) is 0 Å². The number of carbonyl (C=O) groups excluding carboxylic acids is 2. The van der Waals surface area contributed by atoms with E-state index in [1.54, 1.807) is 17.0 Å². The van der Waals surface area contributed by atoms with Crippen molar-refractivity contribution in [3.8, 4) is 0 Å². The Morgan fingerprint density at radius 3 is 2.95 bits per heavy atom. The summed E-state index contributed by atoms with van der Waals surface area (Å²) in [5.74, 6) is -0.874. The van der Waals surface area contributed by atoms with E-state index in [-0.39, 0.29) is 11.9 Å². The number of nitrogens with zero attached hydrogens (tertiary/aromatic N) is 1. The smallest absolute Gasteiger partial charge is 0.345 e. The molecule has 5 nitrogen and oxygen atoms in total. The quantitative estimate of drug-likeness (QED) is 0.803. The van der Waals surface area contributed by atoms with Crippen LogP contribution in [0.25, 0.3) is 0 Å². The molecule has 1 aliphatic rings. The normalized spacial score (nSPS) is 18.8. The Hall–Kier alpha value is -1.69. The lowest BCUT2D eigenvalue weighted by molar-refractivity contribution is -0.131. The van der Waals surface area contributed by atoms with E-state index in [0.29, 0.717) is 24.3 Å². The van der Waals surface area contributed by atoms with Gasteiger partial charge in [0, 0.05) is 17.8 Å². The molecular formula is C13H15NO4S. The number of carbonyl (C=O) groups is 3. The lowest BCUT2D eigenvalue weighted by atomic mass is 10.2. The van der Waals surface area contributed by atoms with Gasteiger partial charge in [0.1, 0.15) is 11.2 Å². The Kier molecular flexibility index (Phi) is 4.31. The van der Waals surface area contributed by atoms with Gasteiger partial charge in [0.05, 0.1) is 6.04 Å². The summed E-state index contributed by atoms with van der Waals surface area (Å²) in [4.78, 5) is 36.1. The van der Waals surface area contributed by atoms with Crippen molar-refractivity contribution in [3.63, 3.8) is 0 Å². The van der Waals surface area contributed by atoms with Crippen molar-refractivity contribution < 1.29 is 19.5 Å². The van der Waals surface area contributed by atoms with Crippen LogP contribution in [0.3, 0.4) is 0 Å². The van der Waals surface area contributed by atoms with E-state index in [1.807, 2.05) is 0 Å². The van der Waals surface area contributed by atoms with Crippen molar-refractivity contribution >= 4 is 29.5 Å². The summed E-state index contributed by atoms with van der Waals surface area (Å²) in [5.41, 5.74) is 0. The minimum atomic E-state index is -0.910. The maximum Gasteiger partial charge on any atom is 0.345 e. The van der Waals surface area contributed by atoms with E-state index < -0.39 is 5.97 Å². The molecule has 1 atom stereocenters. The van der Waals surface area contributed by atoms with Gasteiger partial charge in [-0.05, 0) is 31.4 Å². The van der Waals surface area contributed by atoms with Gasteiger partial charge in [-0.25, -0.2) is 4.79 Å². The van der Waals surface area contributed by atoms with E-state index in [1.165, 1.54) is 11.3 Å². The molecule has 1 N–H and O–H groups in total. The molecule has 0 radical (unpaired) electrons. The third-order valence-corrected chi connectivity index (χ3v) is 4.36. The maximum atomic E-state index is 11.6. The second-order valence-corrected chi connectivity index (χ2v) is 5.67. The van der Waals surface area contributed by atoms with Gasteiger partial charge in [-0.2, -0.15) is 0 Å². The van der Waals surface area contributed by atoms with Crippen LogP contribution in [0, 0.1) is 0 Å². The average Bonchev–Trinajstić information content (AvgIpc) is 2.98. The number of hydrogen-bond donors (Lipinski definition) is 1. The molecule has 1 amide bonds. The van der Waals surface area contributed by atoms with Crippen molar-refractivity contribution in [2.75, 3.05) is 6.54 Å². The lowest BCUT2D eigenvalue weighted by Crippen LogP contribution is -2.34. The molecule has 1 fully saturated rings. The van der Waals surface area contributed by atoms with Gasteiger partial charge in [-0.3, -0.25) is 4.79 Å². The van der Waals surface area contributed by atoms with Crippen molar-refractivity contribution in [1.82, 2.24) is 4.90 Å². The first-order chi connectivity index (χ1) is 9.11. The van der Waals surface area contributed by atoms with E-state index in [9.17, 15) is 14.4 Å². The fraction of sp³-hybridized carbons (Fsp3) is 0.462. The van der Waals surface area contributed by atoms with Gasteiger partial charge in [0.15, 0.2) is 0 Å². The molecule has 1 aromatic heterocycles. The van der Waals surface area contributed by atoms with Crippen LogP contribution in [0.1, 0.15) is 33.8 Å². The highest BCUT2D eigenvalue weighted by Gasteiger charge is 2.29. The number of amides is 1. The molecule has 0 aliphatic carbocycles. The molecule has 2 rings (SSSR count). The summed E-state index contributed by atoms with van der Waals surface area (Å²) in [6.45, 7) is 0.558. The Labute approximate surface area is 114 Å². The highest BCUT2D eigenvalue weighted by atomic mass is 32.1. The van der Waals surface area contributed by atoms with E-state index in [0.717, 1.165) is 24.0 Å². The predicted molar refractivity (Wildman–Crippen MR) is 70.4 cm³/mol. The number of rotatable bonds is 6. The first kappa shape index (κ1) is 13.7. The van der Waals surface area contributed by atoms with Crippen LogP contribution >= 0.6 is 11.3 Å². The average molecular weight is 281 g/mol. The predicted octanol–water partition coefficient (Wildman–Crippen LogP) is 1.57. The summed E-state index contributed by atoms with van der Waals surface area (Å²) in [7, 11) is 0. The molecule has 0 saturated carbocycles. The SMILES string of the molecule is O=C[C@H]1CCC(=O)N1CCCc1ccc(C(=O)O)s1. The molecule has 0 bridgehead atoms. The van der Waals surface area contributed by atoms with Gasteiger partial charge in [-0.15, -0.1) is 11.3 Å². The first-order valence-corrected chi connectivity index (χ1v) is 7.00. The summed E-state index contributed by atoms with van der Waals surface area (Å²) < 4.78 is 0. The van der Waals surface area contributed by atoms with Crippen molar-refractivity contribution in [1.29, 1.82) is 0 Å². The van der Waals surface area contributed by atoms with E-state index >= 15 is 0 Å². The van der Waals surface area contributed by atoms with Crippen LogP contribution in [0.4, 0.5) is 0 Å². The number of thiophene rings is 1. The molecular weight excluding hydrogens is 266 g/mol. The fourth-order valence-corrected chi connectivity index (χ4v) is 3.13. The molecule has 0 spiro atoms. The Morgan fingerprint density at radius 1 is 1.53 bits per heavy atom.